The Labute approximate surface area is 107 Å². The summed E-state index contributed by atoms with van der Waals surface area (Å²) < 4.78 is 0. The second-order valence-corrected chi connectivity index (χ2v) is 4.97. The zero-order valence-corrected chi connectivity index (χ0v) is 10.0. The van der Waals surface area contributed by atoms with Gasteiger partial charge in [-0.15, -0.1) is 0 Å². The van der Waals surface area contributed by atoms with Crippen LogP contribution in [0.5, 0.6) is 0 Å². The van der Waals surface area contributed by atoms with Crippen LogP contribution in [0.4, 0.5) is 5.69 Å². The fraction of sp³-hybridized carbons (Fsp3) is 0.176. The first-order chi connectivity index (χ1) is 8.95. The van der Waals surface area contributed by atoms with Crippen molar-refractivity contribution in [2.75, 3.05) is 4.90 Å². The summed E-state index contributed by atoms with van der Waals surface area (Å²) in [5.74, 6) is 1.01. The number of benzene rings is 1. The summed E-state index contributed by atoms with van der Waals surface area (Å²) >= 11 is 0. The van der Waals surface area contributed by atoms with Gasteiger partial charge in [0, 0.05) is 17.5 Å². The summed E-state index contributed by atoms with van der Waals surface area (Å²) in [5.41, 5.74) is 2.71. The lowest BCUT2D eigenvalue weighted by Crippen LogP contribution is -2.43. The summed E-state index contributed by atoms with van der Waals surface area (Å²) in [6.45, 7) is 0. The van der Waals surface area contributed by atoms with Crippen molar-refractivity contribution in [1.29, 1.82) is 0 Å². The molecule has 1 nitrogen and oxygen atoms in total. The van der Waals surface area contributed by atoms with Crippen LogP contribution >= 0.6 is 0 Å². The van der Waals surface area contributed by atoms with Gasteiger partial charge >= 0.3 is 0 Å². The van der Waals surface area contributed by atoms with E-state index in [0.29, 0.717) is 17.9 Å². The first-order valence-electron chi connectivity index (χ1n) is 6.44. The van der Waals surface area contributed by atoms with Crippen molar-refractivity contribution in [3.05, 3.63) is 78.6 Å². The minimum Gasteiger partial charge on any atom is -0.332 e. The first kappa shape index (κ1) is 9.95. The van der Waals surface area contributed by atoms with E-state index in [9.17, 15) is 0 Å². The first-order valence-corrected chi connectivity index (χ1v) is 6.44. The van der Waals surface area contributed by atoms with E-state index in [0.717, 1.165) is 0 Å². The Hall–Kier alpha value is -2.02. The van der Waals surface area contributed by atoms with Crippen molar-refractivity contribution < 1.29 is 0 Å². The summed E-state index contributed by atoms with van der Waals surface area (Å²) in [5, 5.41) is 0. The van der Waals surface area contributed by atoms with Crippen LogP contribution < -0.4 is 4.90 Å². The minimum atomic E-state index is 0.399. The Morgan fingerprint density at radius 2 is 1.83 bits per heavy atom. The lowest BCUT2D eigenvalue weighted by molar-refractivity contribution is 0.480. The quantitative estimate of drug-likeness (QED) is 0.660. The number of anilines is 1. The van der Waals surface area contributed by atoms with Crippen LogP contribution in [0.3, 0.4) is 0 Å². The van der Waals surface area contributed by atoms with E-state index in [1.807, 2.05) is 6.08 Å². The van der Waals surface area contributed by atoms with Crippen molar-refractivity contribution in [1.82, 2.24) is 0 Å². The fourth-order valence-electron chi connectivity index (χ4n) is 3.25. The molecule has 18 heavy (non-hydrogen) atoms. The Balaban J connectivity index is 1.93. The summed E-state index contributed by atoms with van der Waals surface area (Å²) in [7, 11) is 0. The lowest BCUT2D eigenvalue weighted by Gasteiger charge is -2.44. The van der Waals surface area contributed by atoms with E-state index in [2.05, 4.69) is 71.8 Å². The van der Waals surface area contributed by atoms with Gasteiger partial charge in [0.1, 0.15) is 0 Å². The molecule has 3 aliphatic rings. The van der Waals surface area contributed by atoms with Crippen LogP contribution in [-0.2, 0) is 0 Å². The molecule has 0 aromatic heterocycles. The highest BCUT2D eigenvalue weighted by atomic mass is 15.2. The van der Waals surface area contributed by atoms with Gasteiger partial charge < -0.3 is 4.90 Å². The normalized spacial score (nSPS) is 30.9. The molecule has 0 fully saturated rings. The molecule has 3 atom stereocenters. The molecule has 1 aliphatic carbocycles. The average molecular weight is 232 g/mol. The predicted octanol–water partition coefficient (Wildman–Crippen LogP) is 3.59. The van der Waals surface area contributed by atoms with E-state index in [4.69, 9.17) is 0 Å². The molecule has 0 N–H and O–H groups in total. The van der Waals surface area contributed by atoms with Crippen LogP contribution in [0.15, 0.2) is 66.8 Å². The van der Waals surface area contributed by atoms with Crippen molar-refractivity contribution in [3.8, 4) is 0 Å². The van der Waals surface area contributed by atoms with Gasteiger partial charge in [-0.2, -0.15) is 0 Å². The van der Waals surface area contributed by atoms with E-state index < -0.39 is 0 Å². The number of fused-ring (bicyclic) bond motifs is 6. The molecular weight excluding hydrogens is 218 g/mol. The van der Waals surface area contributed by atoms with E-state index in [1.54, 1.807) is 0 Å². The van der Waals surface area contributed by atoms with Crippen LogP contribution in [0.1, 0.15) is 11.5 Å². The SMILES string of the molecule is [C]1=CC=CC2C3C=CC=CC3c3ccccc3N12. The molecule has 1 radical (unpaired) electrons. The Bertz CT molecular complexity index is 538. The number of hydrogen-bond donors (Lipinski definition) is 0. The van der Waals surface area contributed by atoms with Crippen LogP contribution in [-0.4, -0.2) is 6.04 Å². The largest absolute Gasteiger partial charge is 0.332 e. The number of para-hydroxylation sites is 1. The van der Waals surface area contributed by atoms with Crippen LogP contribution in [0, 0.1) is 12.1 Å². The van der Waals surface area contributed by atoms with Gasteiger partial charge in [-0.1, -0.05) is 54.7 Å². The highest BCUT2D eigenvalue weighted by molar-refractivity contribution is 5.63. The summed E-state index contributed by atoms with van der Waals surface area (Å²) in [4.78, 5) is 2.28. The van der Waals surface area contributed by atoms with Gasteiger partial charge in [0.25, 0.3) is 0 Å². The van der Waals surface area contributed by atoms with E-state index in [1.165, 1.54) is 11.3 Å². The molecule has 1 aromatic carbocycles. The zero-order valence-electron chi connectivity index (χ0n) is 10.0. The molecule has 3 unspecified atom stereocenters. The number of rotatable bonds is 0. The van der Waals surface area contributed by atoms with E-state index >= 15 is 0 Å². The van der Waals surface area contributed by atoms with Gasteiger partial charge in [0.15, 0.2) is 0 Å². The van der Waals surface area contributed by atoms with Crippen molar-refractivity contribution >= 4 is 5.69 Å². The number of hydrogen-bond acceptors (Lipinski definition) is 1. The Morgan fingerprint density at radius 1 is 0.944 bits per heavy atom. The molecule has 1 heteroatoms. The molecule has 2 aliphatic heterocycles. The molecule has 0 saturated carbocycles. The molecule has 0 bridgehead atoms. The Morgan fingerprint density at radius 3 is 2.83 bits per heavy atom. The second kappa shape index (κ2) is 3.74. The molecule has 4 rings (SSSR count). The summed E-state index contributed by atoms with van der Waals surface area (Å²) in [6.07, 6.45) is 18.8. The second-order valence-electron chi connectivity index (χ2n) is 4.97. The molecular formula is C17H14N. The third-order valence-corrected chi connectivity index (χ3v) is 4.04. The van der Waals surface area contributed by atoms with Crippen molar-refractivity contribution in [2.24, 2.45) is 5.92 Å². The lowest BCUT2D eigenvalue weighted by atomic mass is 9.74. The Kier molecular flexibility index (Phi) is 2.07. The molecule has 87 valence electrons. The number of allylic oxidation sites excluding steroid dienone is 5. The van der Waals surface area contributed by atoms with Gasteiger partial charge in [-0.05, 0) is 17.7 Å². The molecule has 1 aromatic rings. The monoisotopic (exact) mass is 232 g/mol. The van der Waals surface area contributed by atoms with Gasteiger partial charge in [0.2, 0.25) is 0 Å². The molecule has 0 saturated heterocycles. The zero-order chi connectivity index (χ0) is 11.9. The molecule has 0 amide bonds. The van der Waals surface area contributed by atoms with Crippen molar-refractivity contribution in [2.45, 2.75) is 12.0 Å². The third-order valence-electron chi connectivity index (χ3n) is 4.04. The number of nitrogens with zero attached hydrogens (tertiary/aromatic N) is 1. The van der Waals surface area contributed by atoms with Gasteiger partial charge in [-0.3, -0.25) is 0 Å². The molecule has 0 spiro atoms. The van der Waals surface area contributed by atoms with Crippen LogP contribution in [0.2, 0.25) is 0 Å². The highest BCUT2D eigenvalue weighted by Crippen LogP contribution is 2.45. The molecule has 2 heterocycles. The highest BCUT2D eigenvalue weighted by Gasteiger charge is 2.37. The maximum absolute atomic E-state index is 3.37. The van der Waals surface area contributed by atoms with Crippen molar-refractivity contribution in [3.63, 3.8) is 0 Å². The van der Waals surface area contributed by atoms with Gasteiger partial charge in [-0.25, -0.2) is 0 Å². The standard InChI is InChI=1S/C17H14N/c1-2-8-14-13(7-1)15-9-3-4-10-16(15)18-12-6-5-11-17(14)18/h1-11,13-14,17H. The average Bonchev–Trinajstić information content (AvgIpc) is 2.48. The summed E-state index contributed by atoms with van der Waals surface area (Å²) in [6, 6.07) is 9.08. The van der Waals surface area contributed by atoms with Gasteiger partial charge in [0.05, 0.1) is 12.2 Å². The fourth-order valence-corrected chi connectivity index (χ4v) is 3.25. The van der Waals surface area contributed by atoms with Crippen LogP contribution in [0.25, 0.3) is 0 Å². The smallest absolute Gasteiger partial charge is 0.0658 e. The minimum absolute atomic E-state index is 0.399. The van der Waals surface area contributed by atoms with E-state index in [-0.39, 0.29) is 0 Å². The maximum Gasteiger partial charge on any atom is 0.0658 e. The topological polar surface area (TPSA) is 3.24 Å². The maximum atomic E-state index is 3.37. The third kappa shape index (κ3) is 1.28. The predicted molar refractivity (Wildman–Crippen MR) is 74.2 cm³/mol.